The molecule has 0 radical (unpaired) electrons. The molecule has 2 fully saturated rings. The third kappa shape index (κ3) is 2.37. The zero-order valence-electron chi connectivity index (χ0n) is 11.5. The van der Waals surface area contributed by atoms with Crippen LogP contribution in [0.15, 0.2) is 30.9 Å². The third-order valence-corrected chi connectivity index (χ3v) is 4.35. The highest BCUT2D eigenvalue weighted by molar-refractivity contribution is 5.84. The topological polar surface area (TPSA) is 71.2 Å². The van der Waals surface area contributed by atoms with Crippen LogP contribution in [0.5, 0.6) is 0 Å². The van der Waals surface area contributed by atoms with Gasteiger partial charge in [0.2, 0.25) is 0 Å². The molecule has 2 aliphatic rings. The van der Waals surface area contributed by atoms with E-state index >= 15 is 0 Å². The monoisotopic (exact) mass is 284 g/mol. The van der Waals surface area contributed by atoms with E-state index in [0.717, 1.165) is 30.6 Å². The third-order valence-electron chi connectivity index (χ3n) is 4.35. The van der Waals surface area contributed by atoms with Crippen molar-refractivity contribution in [2.45, 2.75) is 13.0 Å². The van der Waals surface area contributed by atoms with Crippen LogP contribution in [0.1, 0.15) is 22.6 Å². The molecule has 0 amide bonds. The maximum Gasteiger partial charge on any atom is 0.356 e. The Morgan fingerprint density at radius 3 is 2.71 bits per heavy atom. The molecular formula is C15H16N4O2. The number of pyridine rings is 1. The lowest BCUT2D eigenvalue weighted by Gasteiger charge is -2.19. The predicted octanol–water partition coefficient (Wildman–Crippen LogP) is 1.48. The SMILES string of the molecule is O=C(O)c1cn(Cc2ccc(N3CC4CC4C3)cn2)cn1. The van der Waals surface area contributed by atoms with Crippen LogP contribution in [-0.4, -0.2) is 38.7 Å². The number of carboxylic acid groups (broad SMARTS) is 1. The number of carboxylic acids is 1. The van der Waals surface area contributed by atoms with Crippen molar-refractivity contribution in [2.75, 3.05) is 18.0 Å². The summed E-state index contributed by atoms with van der Waals surface area (Å²) in [6.07, 6.45) is 6.35. The normalized spacial score (nSPS) is 23.1. The summed E-state index contributed by atoms with van der Waals surface area (Å²) in [5, 5.41) is 8.85. The Balaban J connectivity index is 1.44. The summed E-state index contributed by atoms with van der Waals surface area (Å²) in [5.74, 6) is 0.805. The maximum absolute atomic E-state index is 10.8. The summed E-state index contributed by atoms with van der Waals surface area (Å²) < 4.78 is 1.73. The smallest absolute Gasteiger partial charge is 0.356 e. The van der Waals surface area contributed by atoms with Gasteiger partial charge in [-0.3, -0.25) is 4.98 Å². The second-order valence-electron chi connectivity index (χ2n) is 5.90. The fraction of sp³-hybridized carbons (Fsp3) is 0.400. The average molecular weight is 284 g/mol. The molecule has 0 bridgehead atoms. The van der Waals surface area contributed by atoms with Crippen molar-refractivity contribution in [3.8, 4) is 0 Å². The molecular weight excluding hydrogens is 268 g/mol. The van der Waals surface area contributed by atoms with Crippen LogP contribution < -0.4 is 4.90 Å². The van der Waals surface area contributed by atoms with Crippen LogP contribution in [-0.2, 0) is 6.54 Å². The molecule has 4 rings (SSSR count). The molecule has 21 heavy (non-hydrogen) atoms. The van der Waals surface area contributed by atoms with Crippen LogP contribution in [0.3, 0.4) is 0 Å². The number of hydrogen-bond acceptors (Lipinski definition) is 4. The lowest BCUT2D eigenvalue weighted by Crippen LogP contribution is -2.21. The first kappa shape index (κ1) is 12.4. The number of nitrogens with zero attached hydrogens (tertiary/aromatic N) is 4. The summed E-state index contributed by atoms with van der Waals surface area (Å²) in [4.78, 5) is 21.5. The average Bonchev–Trinajstić information content (AvgIpc) is 2.90. The van der Waals surface area contributed by atoms with Gasteiger partial charge in [-0.25, -0.2) is 9.78 Å². The predicted molar refractivity (Wildman–Crippen MR) is 76.3 cm³/mol. The fourth-order valence-electron chi connectivity index (χ4n) is 3.05. The number of rotatable bonds is 4. The van der Waals surface area contributed by atoms with Gasteiger partial charge in [-0.15, -0.1) is 0 Å². The highest BCUT2D eigenvalue weighted by Gasteiger charge is 2.45. The molecule has 6 heteroatoms. The van der Waals surface area contributed by atoms with Crippen LogP contribution in [0.25, 0.3) is 0 Å². The first-order chi connectivity index (χ1) is 10.2. The van der Waals surface area contributed by atoms with Crippen molar-refractivity contribution < 1.29 is 9.90 Å². The summed E-state index contributed by atoms with van der Waals surface area (Å²) >= 11 is 0. The molecule has 2 aromatic rings. The lowest BCUT2D eigenvalue weighted by molar-refractivity contribution is 0.0691. The first-order valence-corrected chi connectivity index (χ1v) is 7.14. The van der Waals surface area contributed by atoms with E-state index in [2.05, 4.69) is 20.9 Å². The van der Waals surface area contributed by atoms with E-state index in [-0.39, 0.29) is 5.69 Å². The highest BCUT2D eigenvalue weighted by atomic mass is 16.4. The summed E-state index contributed by atoms with van der Waals surface area (Å²) in [6.45, 7) is 2.86. The largest absolute Gasteiger partial charge is 0.476 e. The number of hydrogen-bond donors (Lipinski definition) is 1. The second-order valence-corrected chi connectivity index (χ2v) is 5.90. The van der Waals surface area contributed by atoms with Crippen molar-refractivity contribution in [3.63, 3.8) is 0 Å². The Morgan fingerprint density at radius 2 is 2.10 bits per heavy atom. The number of piperidine rings is 1. The summed E-state index contributed by atoms with van der Waals surface area (Å²) in [6, 6.07) is 4.10. The number of imidazole rings is 1. The Hall–Kier alpha value is -2.37. The molecule has 1 saturated carbocycles. The zero-order valence-corrected chi connectivity index (χ0v) is 11.5. The minimum absolute atomic E-state index is 0.0583. The Bertz CT molecular complexity index is 669. The van der Waals surface area contributed by atoms with Gasteiger partial charge in [0.1, 0.15) is 0 Å². The van der Waals surface area contributed by atoms with Crippen molar-refractivity contribution >= 4 is 11.7 Å². The quantitative estimate of drug-likeness (QED) is 0.920. The summed E-state index contributed by atoms with van der Waals surface area (Å²) in [5.41, 5.74) is 2.14. The number of aromatic carboxylic acids is 1. The number of anilines is 1. The van der Waals surface area contributed by atoms with Gasteiger partial charge in [0.05, 0.1) is 30.5 Å². The number of aromatic nitrogens is 3. The number of fused-ring (bicyclic) bond motifs is 1. The van der Waals surface area contributed by atoms with Crippen molar-refractivity contribution in [2.24, 2.45) is 11.8 Å². The van der Waals surface area contributed by atoms with Crippen LogP contribution in [0, 0.1) is 11.8 Å². The minimum atomic E-state index is -1.01. The van der Waals surface area contributed by atoms with Gasteiger partial charge in [-0.1, -0.05) is 0 Å². The molecule has 1 saturated heterocycles. The molecule has 1 N–H and O–H groups in total. The standard InChI is InChI=1S/C15H16N4O2/c20-15(21)14-8-18(9-17-14)7-12-1-2-13(4-16-12)19-5-10-3-11(10)6-19/h1-2,4,8-11H,3,5-7H2,(H,20,21). The van der Waals surface area contributed by atoms with Gasteiger partial charge >= 0.3 is 5.97 Å². The fourth-order valence-corrected chi connectivity index (χ4v) is 3.05. The van der Waals surface area contributed by atoms with Crippen LogP contribution in [0.2, 0.25) is 0 Å². The van der Waals surface area contributed by atoms with E-state index in [9.17, 15) is 4.79 Å². The van der Waals surface area contributed by atoms with E-state index in [4.69, 9.17) is 5.11 Å². The van der Waals surface area contributed by atoms with E-state index in [1.54, 1.807) is 4.57 Å². The first-order valence-electron chi connectivity index (χ1n) is 7.14. The van der Waals surface area contributed by atoms with E-state index in [1.807, 2.05) is 12.3 Å². The van der Waals surface area contributed by atoms with Crippen LogP contribution in [0.4, 0.5) is 5.69 Å². The zero-order chi connectivity index (χ0) is 14.4. The molecule has 2 aromatic heterocycles. The van der Waals surface area contributed by atoms with Gasteiger partial charge in [0.25, 0.3) is 0 Å². The van der Waals surface area contributed by atoms with Crippen molar-refractivity contribution in [1.29, 1.82) is 0 Å². The van der Waals surface area contributed by atoms with Gasteiger partial charge in [-0.05, 0) is 30.4 Å². The molecule has 2 atom stereocenters. The second kappa shape index (κ2) is 4.58. The lowest BCUT2D eigenvalue weighted by atomic mass is 10.3. The molecule has 108 valence electrons. The van der Waals surface area contributed by atoms with E-state index in [1.165, 1.54) is 24.6 Å². The van der Waals surface area contributed by atoms with Gasteiger partial charge in [0, 0.05) is 19.3 Å². The molecule has 3 heterocycles. The molecule has 0 aromatic carbocycles. The molecule has 1 aliphatic carbocycles. The Morgan fingerprint density at radius 1 is 1.29 bits per heavy atom. The number of carbonyl (C=O) groups is 1. The molecule has 2 unspecified atom stereocenters. The molecule has 6 nitrogen and oxygen atoms in total. The van der Waals surface area contributed by atoms with Crippen molar-refractivity contribution in [1.82, 2.24) is 14.5 Å². The van der Waals surface area contributed by atoms with E-state index in [0.29, 0.717) is 6.54 Å². The molecule has 1 aliphatic heterocycles. The Labute approximate surface area is 122 Å². The van der Waals surface area contributed by atoms with Crippen LogP contribution >= 0.6 is 0 Å². The maximum atomic E-state index is 10.8. The molecule has 0 spiro atoms. The minimum Gasteiger partial charge on any atom is -0.476 e. The Kier molecular flexibility index (Phi) is 2.70. The van der Waals surface area contributed by atoms with Crippen molar-refractivity contribution in [3.05, 3.63) is 42.2 Å². The summed E-state index contributed by atoms with van der Waals surface area (Å²) in [7, 11) is 0. The van der Waals surface area contributed by atoms with Gasteiger partial charge in [0.15, 0.2) is 5.69 Å². The van der Waals surface area contributed by atoms with Gasteiger partial charge < -0.3 is 14.6 Å². The highest BCUT2D eigenvalue weighted by Crippen LogP contribution is 2.46. The van der Waals surface area contributed by atoms with E-state index < -0.39 is 5.97 Å². The van der Waals surface area contributed by atoms with Gasteiger partial charge in [-0.2, -0.15) is 0 Å².